The number of hydrogen-bond donors (Lipinski definition) is 1. The van der Waals surface area contributed by atoms with Crippen LogP contribution in [0.15, 0.2) is 0 Å². The predicted octanol–water partition coefficient (Wildman–Crippen LogP) is 0.490. The zero-order chi connectivity index (χ0) is 11.2. The van der Waals surface area contributed by atoms with E-state index in [4.69, 9.17) is 5.11 Å². The molecule has 1 aromatic heterocycles. The van der Waals surface area contributed by atoms with E-state index in [1.807, 2.05) is 0 Å². The van der Waals surface area contributed by atoms with Gasteiger partial charge in [0, 0.05) is 6.42 Å². The van der Waals surface area contributed by atoms with Gasteiger partial charge in [0.2, 0.25) is 0 Å². The molecule has 6 nitrogen and oxygen atoms in total. The molecule has 2 saturated carbocycles. The molecule has 0 aliphatic heterocycles. The van der Waals surface area contributed by atoms with Crippen LogP contribution in [0.5, 0.6) is 0 Å². The third-order valence-corrected chi connectivity index (χ3v) is 3.53. The zero-order valence-corrected chi connectivity index (χ0v) is 8.96. The summed E-state index contributed by atoms with van der Waals surface area (Å²) in [6.45, 7) is 0.428. The van der Waals surface area contributed by atoms with E-state index in [9.17, 15) is 4.79 Å². The highest BCUT2D eigenvalue weighted by Gasteiger charge is 2.51. The predicted molar refractivity (Wildman–Crippen MR) is 53.5 cm³/mol. The Morgan fingerprint density at radius 3 is 2.81 bits per heavy atom. The minimum atomic E-state index is -0.722. The number of nitrogens with zero attached hydrogens (tertiary/aromatic N) is 4. The van der Waals surface area contributed by atoms with Crippen molar-refractivity contribution in [2.45, 2.75) is 38.6 Å². The molecule has 6 heteroatoms. The number of carboxylic acid groups (broad SMARTS) is 1. The second kappa shape index (κ2) is 3.26. The summed E-state index contributed by atoms with van der Waals surface area (Å²) in [4.78, 5) is 11.1. The quantitative estimate of drug-likeness (QED) is 0.784. The molecular formula is C10H14N4O2. The highest BCUT2D eigenvalue weighted by molar-refractivity contribution is 5.77. The van der Waals surface area contributed by atoms with Crippen molar-refractivity contribution in [3.05, 3.63) is 5.82 Å². The van der Waals surface area contributed by atoms with Crippen molar-refractivity contribution in [3.63, 3.8) is 0 Å². The molecule has 1 heterocycles. The zero-order valence-electron chi connectivity index (χ0n) is 8.96. The van der Waals surface area contributed by atoms with E-state index in [2.05, 4.69) is 15.5 Å². The number of aromatic nitrogens is 4. The third-order valence-electron chi connectivity index (χ3n) is 3.53. The van der Waals surface area contributed by atoms with E-state index in [1.54, 1.807) is 4.68 Å². The minimum Gasteiger partial charge on any atom is -0.481 e. The van der Waals surface area contributed by atoms with Gasteiger partial charge in [-0.3, -0.25) is 4.79 Å². The summed E-state index contributed by atoms with van der Waals surface area (Å²) < 4.78 is 1.68. The van der Waals surface area contributed by atoms with Crippen LogP contribution in [0, 0.1) is 11.3 Å². The summed E-state index contributed by atoms with van der Waals surface area (Å²) in [5.41, 5.74) is -0.590. The fraction of sp³-hybridized carbons (Fsp3) is 0.800. The Morgan fingerprint density at radius 1 is 1.50 bits per heavy atom. The molecule has 2 aliphatic carbocycles. The summed E-state index contributed by atoms with van der Waals surface area (Å²) >= 11 is 0. The van der Waals surface area contributed by atoms with Gasteiger partial charge >= 0.3 is 5.97 Å². The molecule has 0 radical (unpaired) electrons. The second-order valence-corrected chi connectivity index (χ2v) is 4.99. The fourth-order valence-corrected chi connectivity index (χ4v) is 1.95. The summed E-state index contributed by atoms with van der Waals surface area (Å²) in [5, 5.41) is 20.6. The van der Waals surface area contributed by atoms with Gasteiger partial charge in [0.05, 0.1) is 12.0 Å². The molecule has 16 heavy (non-hydrogen) atoms. The Hall–Kier alpha value is -1.46. The van der Waals surface area contributed by atoms with Crippen LogP contribution >= 0.6 is 0 Å². The summed E-state index contributed by atoms with van der Waals surface area (Å²) in [5.74, 6) is 0.833. The molecule has 2 aliphatic rings. The molecule has 0 unspecified atom stereocenters. The highest BCUT2D eigenvalue weighted by atomic mass is 16.4. The molecule has 3 rings (SSSR count). The molecule has 0 atom stereocenters. The van der Waals surface area contributed by atoms with Crippen LogP contribution in [-0.4, -0.2) is 31.3 Å². The number of carboxylic acids is 1. The molecule has 0 spiro atoms. The first-order valence-electron chi connectivity index (χ1n) is 5.68. The van der Waals surface area contributed by atoms with Crippen LogP contribution in [0.1, 0.15) is 31.5 Å². The average molecular weight is 222 g/mol. The Kier molecular flexibility index (Phi) is 1.99. The number of rotatable bonds is 5. The lowest BCUT2D eigenvalue weighted by molar-refractivity contribution is -0.144. The highest BCUT2D eigenvalue weighted by Crippen LogP contribution is 2.47. The van der Waals surface area contributed by atoms with Crippen molar-refractivity contribution in [1.29, 1.82) is 0 Å². The maximum absolute atomic E-state index is 11.1. The maximum Gasteiger partial charge on any atom is 0.311 e. The number of carbonyl (C=O) groups is 1. The molecule has 0 bridgehead atoms. The van der Waals surface area contributed by atoms with Crippen molar-refractivity contribution >= 4 is 5.97 Å². The standard InChI is InChI=1S/C10H14N4O2/c15-9(16)10(3-4-10)6-14-8(11-12-13-14)5-7-1-2-7/h7H,1-6H2,(H,15,16). The topological polar surface area (TPSA) is 80.9 Å². The van der Waals surface area contributed by atoms with Crippen LogP contribution < -0.4 is 0 Å². The molecule has 0 saturated heterocycles. The third kappa shape index (κ3) is 1.68. The van der Waals surface area contributed by atoms with Crippen molar-refractivity contribution in [3.8, 4) is 0 Å². The second-order valence-electron chi connectivity index (χ2n) is 4.99. The molecule has 1 aromatic rings. The first-order valence-corrected chi connectivity index (χ1v) is 5.68. The lowest BCUT2D eigenvalue weighted by atomic mass is 10.1. The summed E-state index contributed by atoms with van der Waals surface area (Å²) in [6, 6.07) is 0. The Balaban J connectivity index is 1.73. The van der Waals surface area contributed by atoms with Gasteiger partial charge in [0.1, 0.15) is 0 Å². The first kappa shape index (κ1) is 9.74. The largest absolute Gasteiger partial charge is 0.481 e. The molecule has 2 fully saturated rings. The van der Waals surface area contributed by atoms with Crippen LogP contribution in [-0.2, 0) is 17.8 Å². The van der Waals surface area contributed by atoms with E-state index >= 15 is 0 Å². The van der Waals surface area contributed by atoms with E-state index < -0.39 is 11.4 Å². The maximum atomic E-state index is 11.1. The van der Waals surface area contributed by atoms with Gasteiger partial charge in [0.15, 0.2) is 5.82 Å². The van der Waals surface area contributed by atoms with E-state index in [-0.39, 0.29) is 0 Å². The van der Waals surface area contributed by atoms with Crippen LogP contribution in [0.3, 0.4) is 0 Å². The van der Waals surface area contributed by atoms with Crippen molar-refractivity contribution in [1.82, 2.24) is 20.2 Å². The number of hydrogen-bond acceptors (Lipinski definition) is 4. The first-order chi connectivity index (χ1) is 7.70. The van der Waals surface area contributed by atoms with E-state index in [0.717, 1.165) is 25.1 Å². The SMILES string of the molecule is O=C(O)C1(Cn2nnnc2CC2CC2)CC1. The average Bonchev–Trinajstić information content (AvgIpc) is 3.10. The number of aliphatic carboxylic acids is 1. The van der Waals surface area contributed by atoms with Crippen molar-refractivity contribution in [2.75, 3.05) is 0 Å². The molecule has 86 valence electrons. The van der Waals surface area contributed by atoms with Crippen LogP contribution in [0.2, 0.25) is 0 Å². The Bertz CT molecular complexity index is 420. The van der Waals surface area contributed by atoms with E-state index in [1.165, 1.54) is 12.8 Å². The van der Waals surface area contributed by atoms with Crippen molar-refractivity contribution < 1.29 is 9.90 Å². The summed E-state index contributed by atoms with van der Waals surface area (Å²) in [7, 11) is 0. The lowest BCUT2D eigenvalue weighted by Crippen LogP contribution is -2.23. The van der Waals surface area contributed by atoms with Gasteiger partial charge in [-0.15, -0.1) is 5.10 Å². The smallest absolute Gasteiger partial charge is 0.311 e. The lowest BCUT2D eigenvalue weighted by Gasteiger charge is -2.10. The van der Waals surface area contributed by atoms with Crippen LogP contribution in [0.4, 0.5) is 0 Å². The van der Waals surface area contributed by atoms with Gasteiger partial charge in [-0.2, -0.15) is 0 Å². The fourth-order valence-electron chi connectivity index (χ4n) is 1.95. The van der Waals surface area contributed by atoms with Crippen molar-refractivity contribution in [2.24, 2.45) is 11.3 Å². The minimum absolute atomic E-state index is 0.428. The Labute approximate surface area is 92.6 Å². The Morgan fingerprint density at radius 2 is 2.25 bits per heavy atom. The molecule has 0 amide bonds. The normalized spacial score (nSPS) is 22.0. The molecular weight excluding hydrogens is 208 g/mol. The summed E-state index contributed by atoms with van der Waals surface area (Å²) in [6.07, 6.45) is 4.87. The molecule has 0 aromatic carbocycles. The van der Waals surface area contributed by atoms with Gasteiger partial charge in [-0.1, -0.05) is 0 Å². The number of tetrazole rings is 1. The van der Waals surface area contributed by atoms with Gasteiger partial charge in [0.25, 0.3) is 0 Å². The van der Waals surface area contributed by atoms with Gasteiger partial charge < -0.3 is 5.11 Å². The van der Waals surface area contributed by atoms with Gasteiger partial charge in [-0.25, -0.2) is 4.68 Å². The monoisotopic (exact) mass is 222 g/mol. The van der Waals surface area contributed by atoms with Crippen LogP contribution in [0.25, 0.3) is 0 Å². The van der Waals surface area contributed by atoms with Gasteiger partial charge in [-0.05, 0) is 42.0 Å². The van der Waals surface area contributed by atoms with E-state index in [0.29, 0.717) is 12.5 Å². The molecule has 1 N–H and O–H groups in total.